The highest BCUT2D eigenvalue weighted by molar-refractivity contribution is 6.05. The molecule has 0 aliphatic carbocycles. The fourth-order valence-corrected chi connectivity index (χ4v) is 3.66. The van der Waals surface area contributed by atoms with Crippen LogP contribution in [-0.2, 0) is 4.79 Å². The van der Waals surface area contributed by atoms with Crippen LogP contribution in [0, 0.1) is 6.92 Å². The van der Waals surface area contributed by atoms with Crippen molar-refractivity contribution in [1.82, 2.24) is 25.7 Å². The standard InChI is InChI=1S/C17H21N5O2/c1-11-2-3-13-12(10-11)14(21-20-13)15(23)22-8-4-17(5-9-22)16(24)18-6-7-19-17/h2-3,10,19H,4-9H2,1H3,(H,18,24)(H,20,21). The molecular weight excluding hydrogens is 306 g/mol. The average molecular weight is 327 g/mol. The number of rotatable bonds is 1. The van der Waals surface area contributed by atoms with Gasteiger partial charge in [-0.25, -0.2) is 0 Å². The van der Waals surface area contributed by atoms with Gasteiger partial charge in [-0.1, -0.05) is 11.6 Å². The Kier molecular flexibility index (Phi) is 3.53. The van der Waals surface area contributed by atoms with Crippen molar-refractivity contribution in [2.75, 3.05) is 26.2 Å². The van der Waals surface area contributed by atoms with Gasteiger partial charge in [0.1, 0.15) is 5.54 Å². The Morgan fingerprint density at radius 2 is 2.04 bits per heavy atom. The van der Waals surface area contributed by atoms with Crippen LogP contribution in [0.1, 0.15) is 28.9 Å². The number of piperazine rings is 1. The molecule has 2 aromatic rings. The van der Waals surface area contributed by atoms with Crippen LogP contribution in [-0.4, -0.2) is 58.6 Å². The van der Waals surface area contributed by atoms with Crippen LogP contribution in [0.2, 0.25) is 0 Å². The van der Waals surface area contributed by atoms with Crippen LogP contribution in [0.3, 0.4) is 0 Å². The molecule has 0 bridgehead atoms. The van der Waals surface area contributed by atoms with E-state index in [1.807, 2.05) is 25.1 Å². The molecule has 126 valence electrons. The summed E-state index contributed by atoms with van der Waals surface area (Å²) in [6.07, 6.45) is 1.26. The lowest BCUT2D eigenvalue weighted by Gasteiger charge is -2.43. The van der Waals surface area contributed by atoms with Gasteiger partial charge in [0.25, 0.3) is 5.91 Å². The first kappa shape index (κ1) is 15.1. The fraction of sp³-hybridized carbons (Fsp3) is 0.471. The molecule has 2 aliphatic heterocycles. The first-order valence-corrected chi connectivity index (χ1v) is 8.36. The average Bonchev–Trinajstić information content (AvgIpc) is 3.01. The first-order valence-electron chi connectivity index (χ1n) is 8.36. The molecule has 1 aromatic heterocycles. The smallest absolute Gasteiger partial charge is 0.274 e. The van der Waals surface area contributed by atoms with Gasteiger partial charge in [0.2, 0.25) is 5.91 Å². The van der Waals surface area contributed by atoms with Crippen LogP contribution in [0.5, 0.6) is 0 Å². The highest BCUT2D eigenvalue weighted by Gasteiger charge is 2.43. The number of hydrogen-bond acceptors (Lipinski definition) is 4. The van der Waals surface area contributed by atoms with E-state index in [0.717, 1.165) is 23.0 Å². The van der Waals surface area contributed by atoms with Crippen molar-refractivity contribution < 1.29 is 9.59 Å². The van der Waals surface area contributed by atoms with Gasteiger partial charge in [-0.05, 0) is 31.9 Å². The zero-order chi connectivity index (χ0) is 16.7. The number of hydrogen-bond donors (Lipinski definition) is 3. The molecule has 2 amide bonds. The molecule has 2 aliphatic rings. The van der Waals surface area contributed by atoms with E-state index in [9.17, 15) is 9.59 Å². The van der Waals surface area contributed by atoms with Crippen LogP contribution in [0.25, 0.3) is 10.9 Å². The lowest BCUT2D eigenvalue weighted by molar-refractivity contribution is -0.131. The number of piperidine rings is 1. The SMILES string of the molecule is Cc1ccc2[nH]nc(C(=O)N3CCC4(CC3)NCCNC4=O)c2c1. The summed E-state index contributed by atoms with van der Waals surface area (Å²) in [7, 11) is 0. The third-order valence-electron chi connectivity index (χ3n) is 5.13. The van der Waals surface area contributed by atoms with E-state index in [1.165, 1.54) is 0 Å². The molecule has 0 radical (unpaired) electrons. The van der Waals surface area contributed by atoms with E-state index < -0.39 is 5.54 Å². The highest BCUT2D eigenvalue weighted by atomic mass is 16.2. The predicted octanol–water partition coefficient (Wildman–Crippen LogP) is 0.566. The number of nitrogens with zero attached hydrogens (tertiary/aromatic N) is 2. The number of amides is 2. The summed E-state index contributed by atoms with van der Waals surface area (Å²) in [4.78, 5) is 26.9. The van der Waals surface area contributed by atoms with Crippen molar-refractivity contribution in [3.05, 3.63) is 29.5 Å². The molecule has 4 rings (SSSR count). The van der Waals surface area contributed by atoms with Crippen LogP contribution < -0.4 is 10.6 Å². The van der Waals surface area contributed by atoms with Gasteiger partial charge < -0.3 is 15.5 Å². The summed E-state index contributed by atoms with van der Waals surface area (Å²) in [5, 5.41) is 14.3. The molecule has 0 unspecified atom stereocenters. The number of benzene rings is 1. The molecule has 7 heteroatoms. The summed E-state index contributed by atoms with van der Waals surface area (Å²) in [6, 6.07) is 5.91. The van der Waals surface area contributed by atoms with E-state index in [1.54, 1.807) is 4.90 Å². The Hall–Kier alpha value is -2.41. The molecule has 24 heavy (non-hydrogen) atoms. The third kappa shape index (κ3) is 2.36. The van der Waals surface area contributed by atoms with Crippen molar-refractivity contribution in [2.24, 2.45) is 0 Å². The molecule has 7 nitrogen and oxygen atoms in total. The summed E-state index contributed by atoms with van der Waals surface area (Å²) in [5.74, 6) is -0.0142. The van der Waals surface area contributed by atoms with Crippen molar-refractivity contribution in [3.8, 4) is 0 Å². The number of carbonyl (C=O) groups is 2. The van der Waals surface area contributed by atoms with E-state index in [0.29, 0.717) is 38.2 Å². The van der Waals surface area contributed by atoms with E-state index in [4.69, 9.17) is 0 Å². The molecule has 1 spiro atoms. The maximum atomic E-state index is 12.9. The van der Waals surface area contributed by atoms with Gasteiger partial charge >= 0.3 is 0 Å². The second kappa shape index (κ2) is 5.59. The number of fused-ring (bicyclic) bond motifs is 1. The number of aromatic amines is 1. The van der Waals surface area contributed by atoms with Crippen molar-refractivity contribution in [1.29, 1.82) is 0 Å². The molecule has 0 saturated carbocycles. The Morgan fingerprint density at radius 3 is 2.79 bits per heavy atom. The van der Waals surface area contributed by atoms with Gasteiger partial charge in [0.05, 0.1) is 5.52 Å². The minimum Gasteiger partial charge on any atom is -0.353 e. The topological polar surface area (TPSA) is 90.1 Å². The summed E-state index contributed by atoms with van der Waals surface area (Å²) >= 11 is 0. The van der Waals surface area contributed by atoms with Gasteiger partial charge in [-0.2, -0.15) is 5.10 Å². The van der Waals surface area contributed by atoms with Crippen molar-refractivity contribution in [2.45, 2.75) is 25.3 Å². The van der Waals surface area contributed by atoms with Crippen LogP contribution in [0.4, 0.5) is 0 Å². The maximum absolute atomic E-state index is 12.9. The molecule has 3 N–H and O–H groups in total. The number of aromatic nitrogens is 2. The molecule has 3 heterocycles. The molecule has 2 saturated heterocycles. The van der Waals surface area contributed by atoms with Crippen molar-refractivity contribution >= 4 is 22.7 Å². The minimum absolute atomic E-state index is 0.0571. The summed E-state index contributed by atoms with van der Waals surface area (Å²) < 4.78 is 0. The number of nitrogens with one attached hydrogen (secondary N) is 3. The third-order valence-corrected chi connectivity index (χ3v) is 5.13. The molecule has 1 aromatic carbocycles. The van der Waals surface area contributed by atoms with Gasteiger partial charge in [-0.3, -0.25) is 14.7 Å². The molecule has 2 fully saturated rings. The van der Waals surface area contributed by atoms with Gasteiger partial charge in [0, 0.05) is 31.6 Å². The van der Waals surface area contributed by atoms with E-state index in [-0.39, 0.29) is 11.8 Å². The van der Waals surface area contributed by atoms with Gasteiger partial charge in [-0.15, -0.1) is 0 Å². The van der Waals surface area contributed by atoms with Crippen LogP contribution in [0.15, 0.2) is 18.2 Å². The number of carbonyl (C=O) groups excluding carboxylic acids is 2. The Balaban J connectivity index is 1.53. The maximum Gasteiger partial charge on any atom is 0.274 e. The normalized spacial score (nSPS) is 20.4. The molecular formula is C17H21N5O2. The Bertz CT molecular complexity index is 804. The van der Waals surface area contributed by atoms with E-state index >= 15 is 0 Å². The summed E-state index contributed by atoms with van der Waals surface area (Å²) in [5.41, 5.74) is 1.91. The predicted molar refractivity (Wildman–Crippen MR) is 89.7 cm³/mol. The minimum atomic E-state index is -0.515. The zero-order valence-corrected chi connectivity index (χ0v) is 13.7. The quantitative estimate of drug-likeness (QED) is 0.714. The monoisotopic (exact) mass is 327 g/mol. The number of H-pyrrole nitrogens is 1. The lowest BCUT2D eigenvalue weighted by atomic mass is 9.85. The lowest BCUT2D eigenvalue weighted by Crippen LogP contribution is -2.66. The van der Waals surface area contributed by atoms with Crippen LogP contribution >= 0.6 is 0 Å². The zero-order valence-electron chi connectivity index (χ0n) is 13.7. The Morgan fingerprint density at radius 1 is 1.25 bits per heavy atom. The Labute approximate surface area is 139 Å². The molecule has 0 atom stereocenters. The second-order valence-corrected chi connectivity index (χ2v) is 6.68. The second-order valence-electron chi connectivity index (χ2n) is 6.68. The summed E-state index contributed by atoms with van der Waals surface area (Å²) in [6.45, 7) is 4.56. The van der Waals surface area contributed by atoms with Crippen molar-refractivity contribution in [3.63, 3.8) is 0 Å². The first-order chi connectivity index (χ1) is 11.6. The van der Waals surface area contributed by atoms with Gasteiger partial charge in [0.15, 0.2) is 5.69 Å². The van der Waals surface area contributed by atoms with E-state index in [2.05, 4.69) is 20.8 Å². The highest BCUT2D eigenvalue weighted by Crippen LogP contribution is 2.26. The number of likely N-dealkylation sites (tertiary alicyclic amines) is 1. The largest absolute Gasteiger partial charge is 0.353 e. The fourth-order valence-electron chi connectivity index (χ4n) is 3.66. The number of aryl methyl sites for hydroxylation is 1.